The molecule has 0 bridgehead atoms. The van der Waals surface area contributed by atoms with Crippen LogP contribution in [0.2, 0.25) is 0 Å². The van der Waals surface area contributed by atoms with Gasteiger partial charge in [0.1, 0.15) is 0 Å². The molecule has 5 nitrogen and oxygen atoms in total. The number of nitrogens with zero attached hydrogens (tertiary/aromatic N) is 2. The summed E-state index contributed by atoms with van der Waals surface area (Å²) >= 11 is 5.51. The first-order valence-corrected chi connectivity index (χ1v) is 6.05. The molecular weight excluding hydrogens is 226 g/mol. The van der Waals surface area contributed by atoms with Crippen LogP contribution in [-0.2, 0) is 17.1 Å². The van der Waals surface area contributed by atoms with Gasteiger partial charge in [0.15, 0.2) is 5.03 Å². The van der Waals surface area contributed by atoms with E-state index >= 15 is 0 Å². The first-order chi connectivity index (χ1) is 6.47. The van der Waals surface area contributed by atoms with Crippen molar-refractivity contribution >= 4 is 21.6 Å². The summed E-state index contributed by atoms with van der Waals surface area (Å²) in [5.41, 5.74) is 0. The fourth-order valence-corrected chi connectivity index (χ4v) is 2.52. The van der Waals surface area contributed by atoms with Gasteiger partial charge in [-0.15, -0.1) is 11.6 Å². The van der Waals surface area contributed by atoms with Crippen LogP contribution in [-0.4, -0.2) is 30.1 Å². The van der Waals surface area contributed by atoms with Crippen molar-refractivity contribution in [2.24, 2.45) is 7.05 Å². The van der Waals surface area contributed by atoms with Crippen molar-refractivity contribution in [3.05, 3.63) is 12.3 Å². The largest absolute Gasteiger partial charge is 0.257 e. The van der Waals surface area contributed by atoms with E-state index in [2.05, 4.69) is 9.82 Å². The van der Waals surface area contributed by atoms with E-state index in [1.807, 2.05) is 0 Å². The van der Waals surface area contributed by atoms with E-state index in [1.165, 1.54) is 16.9 Å². The first kappa shape index (κ1) is 11.5. The average Bonchev–Trinajstić information content (AvgIpc) is 2.51. The van der Waals surface area contributed by atoms with Gasteiger partial charge in [0, 0.05) is 19.0 Å². The Bertz CT molecular complexity index is 401. The molecule has 14 heavy (non-hydrogen) atoms. The Morgan fingerprint density at radius 2 is 2.36 bits per heavy atom. The smallest absolute Gasteiger partial charge is 0.256 e. The summed E-state index contributed by atoms with van der Waals surface area (Å²) in [7, 11) is -1.92. The van der Waals surface area contributed by atoms with Gasteiger partial charge in [0.05, 0.1) is 6.20 Å². The number of aromatic nitrogens is 2. The second kappa shape index (κ2) is 4.29. The molecule has 1 N–H and O–H groups in total. The van der Waals surface area contributed by atoms with Gasteiger partial charge in [0.25, 0.3) is 10.0 Å². The van der Waals surface area contributed by atoms with Crippen LogP contribution in [0.15, 0.2) is 17.3 Å². The number of alkyl halides is 1. The summed E-state index contributed by atoms with van der Waals surface area (Å²) in [5.74, 6) is 0.233. The predicted octanol–water partition coefficient (Wildman–Crippen LogP) is 0.326. The van der Waals surface area contributed by atoms with Gasteiger partial charge in [-0.05, 0) is 13.0 Å². The van der Waals surface area contributed by atoms with Gasteiger partial charge in [-0.2, -0.15) is 5.10 Å². The Morgan fingerprint density at radius 1 is 1.71 bits per heavy atom. The summed E-state index contributed by atoms with van der Waals surface area (Å²) in [6.07, 6.45) is 1.43. The molecule has 1 rings (SSSR count). The normalized spacial score (nSPS) is 14.2. The van der Waals surface area contributed by atoms with Crippen molar-refractivity contribution in [2.45, 2.75) is 18.0 Å². The number of rotatable bonds is 4. The molecule has 1 heterocycles. The van der Waals surface area contributed by atoms with Crippen LogP contribution >= 0.6 is 11.6 Å². The quantitative estimate of drug-likeness (QED) is 0.768. The number of aryl methyl sites for hydroxylation is 1. The number of hydrogen-bond acceptors (Lipinski definition) is 3. The second-order valence-corrected chi connectivity index (χ2v) is 4.94. The molecule has 1 aromatic heterocycles. The summed E-state index contributed by atoms with van der Waals surface area (Å²) in [5, 5.41) is 3.91. The van der Waals surface area contributed by atoms with Crippen molar-refractivity contribution in [2.75, 3.05) is 5.88 Å². The highest BCUT2D eigenvalue weighted by Crippen LogP contribution is 2.06. The minimum absolute atomic E-state index is 0.134. The van der Waals surface area contributed by atoms with Crippen LogP contribution in [0.4, 0.5) is 0 Å². The number of nitrogens with one attached hydrogen (secondary N) is 1. The lowest BCUT2D eigenvalue weighted by molar-refractivity contribution is 0.553. The van der Waals surface area contributed by atoms with Crippen LogP contribution in [0.25, 0.3) is 0 Å². The molecule has 0 aromatic carbocycles. The number of hydrogen-bond donors (Lipinski definition) is 1. The maximum atomic E-state index is 11.7. The molecule has 1 aromatic rings. The summed E-state index contributed by atoms with van der Waals surface area (Å²) < 4.78 is 27.0. The third-order valence-corrected chi connectivity index (χ3v) is 3.77. The first-order valence-electron chi connectivity index (χ1n) is 4.03. The van der Waals surface area contributed by atoms with Crippen LogP contribution in [0.5, 0.6) is 0 Å². The molecule has 0 radical (unpaired) electrons. The highest BCUT2D eigenvalue weighted by atomic mass is 35.5. The molecule has 0 aliphatic carbocycles. The van der Waals surface area contributed by atoms with Gasteiger partial charge >= 0.3 is 0 Å². The zero-order chi connectivity index (χ0) is 10.8. The third-order valence-electron chi connectivity index (χ3n) is 1.64. The molecule has 1 unspecified atom stereocenters. The van der Waals surface area contributed by atoms with E-state index in [1.54, 1.807) is 14.0 Å². The fourth-order valence-electron chi connectivity index (χ4n) is 0.982. The van der Waals surface area contributed by atoms with Crippen molar-refractivity contribution in [3.8, 4) is 0 Å². The second-order valence-electron chi connectivity index (χ2n) is 2.97. The van der Waals surface area contributed by atoms with E-state index in [4.69, 9.17) is 11.6 Å². The van der Waals surface area contributed by atoms with Gasteiger partial charge in [-0.1, -0.05) is 0 Å². The molecule has 0 spiro atoms. The summed E-state index contributed by atoms with van der Waals surface area (Å²) in [6, 6.07) is 1.14. The predicted molar refractivity (Wildman–Crippen MR) is 53.7 cm³/mol. The lowest BCUT2D eigenvalue weighted by atomic mass is 10.4. The zero-order valence-electron chi connectivity index (χ0n) is 7.94. The standard InChI is InChI=1S/C7H12ClN3O2S/c1-6(5-8)10-14(12,13)7-3-4-9-11(7)2/h3-4,6,10H,5H2,1-2H3. The number of halogens is 1. The number of sulfonamides is 1. The Labute approximate surface area is 88.1 Å². The Hall–Kier alpha value is -0.590. The fraction of sp³-hybridized carbons (Fsp3) is 0.571. The summed E-state index contributed by atoms with van der Waals surface area (Å²) in [4.78, 5) is 0. The van der Waals surface area contributed by atoms with Gasteiger partial charge in [-0.3, -0.25) is 4.68 Å². The molecule has 0 saturated carbocycles. The highest BCUT2D eigenvalue weighted by Gasteiger charge is 2.19. The van der Waals surface area contributed by atoms with Crippen LogP contribution < -0.4 is 4.72 Å². The Balaban J connectivity index is 2.92. The Kier molecular flexibility index (Phi) is 3.52. The lowest BCUT2D eigenvalue weighted by Crippen LogP contribution is -2.34. The molecular formula is C7H12ClN3O2S. The molecule has 80 valence electrons. The average molecular weight is 238 g/mol. The zero-order valence-corrected chi connectivity index (χ0v) is 9.51. The van der Waals surface area contributed by atoms with Crippen molar-refractivity contribution in [1.82, 2.24) is 14.5 Å². The Morgan fingerprint density at radius 3 is 2.79 bits per heavy atom. The van der Waals surface area contributed by atoms with Crippen molar-refractivity contribution in [3.63, 3.8) is 0 Å². The lowest BCUT2D eigenvalue weighted by Gasteiger charge is -2.10. The van der Waals surface area contributed by atoms with Gasteiger partial charge in [0.2, 0.25) is 0 Å². The molecule has 7 heteroatoms. The van der Waals surface area contributed by atoms with E-state index in [-0.39, 0.29) is 16.9 Å². The van der Waals surface area contributed by atoms with Gasteiger partial charge < -0.3 is 0 Å². The minimum Gasteiger partial charge on any atom is -0.256 e. The molecule has 0 fully saturated rings. The SMILES string of the molecule is CC(CCl)NS(=O)(=O)c1ccnn1C. The third kappa shape index (κ3) is 2.46. The van der Waals surface area contributed by atoms with Crippen molar-refractivity contribution in [1.29, 1.82) is 0 Å². The monoisotopic (exact) mass is 237 g/mol. The van der Waals surface area contributed by atoms with E-state index in [0.29, 0.717) is 0 Å². The maximum Gasteiger partial charge on any atom is 0.257 e. The van der Waals surface area contributed by atoms with Crippen LogP contribution in [0.3, 0.4) is 0 Å². The molecule has 1 atom stereocenters. The van der Waals surface area contributed by atoms with Crippen LogP contribution in [0.1, 0.15) is 6.92 Å². The maximum absolute atomic E-state index is 11.7. The highest BCUT2D eigenvalue weighted by molar-refractivity contribution is 7.89. The van der Waals surface area contributed by atoms with Crippen LogP contribution in [0, 0.1) is 0 Å². The molecule has 0 aliphatic heterocycles. The van der Waals surface area contributed by atoms with Gasteiger partial charge in [-0.25, -0.2) is 13.1 Å². The topological polar surface area (TPSA) is 64.0 Å². The van der Waals surface area contributed by atoms with E-state index < -0.39 is 10.0 Å². The minimum atomic E-state index is -3.49. The molecule has 0 amide bonds. The summed E-state index contributed by atoms with van der Waals surface area (Å²) in [6.45, 7) is 1.70. The van der Waals surface area contributed by atoms with E-state index in [9.17, 15) is 8.42 Å². The van der Waals surface area contributed by atoms with E-state index in [0.717, 1.165) is 0 Å². The van der Waals surface area contributed by atoms with Crippen molar-refractivity contribution < 1.29 is 8.42 Å². The molecule has 0 saturated heterocycles. The molecule has 0 aliphatic rings.